The normalized spacial score (nSPS) is 12.2. The third kappa shape index (κ3) is 3.72. The predicted molar refractivity (Wildman–Crippen MR) is 79.6 cm³/mol. The third-order valence-corrected chi connectivity index (χ3v) is 3.28. The Kier molecular flexibility index (Phi) is 4.46. The molecule has 0 amide bonds. The number of nitrogens with two attached hydrogens (primary N) is 1. The smallest absolute Gasteiger partial charge is 0.122 e. The van der Waals surface area contributed by atoms with E-state index in [0.717, 1.165) is 27.5 Å². The minimum atomic E-state index is 0.0454. The highest BCUT2D eigenvalue weighted by Gasteiger charge is 2.04. The van der Waals surface area contributed by atoms with Gasteiger partial charge in [0.1, 0.15) is 12.4 Å². The van der Waals surface area contributed by atoms with E-state index in [2.05, 4.69) is 6.07 Å². The fraction of sp³-hybridized carbons (Fsp3) is 0.250. The average Bonchev–Trinajstić information content (AvgIpc) is 2.39. The van der Waals surface area contributed by atoms with Crippen molar-refractivity contribution in [2.75, 3.05) is 0 Å². The lowest BCUT2D eigenvalue weighted by atomic mass is 10.1. The standard InChI is InChI=1S/C16H18ClNO/c1-11-9-14(12(2)18)5-8-16(11)19-10-13-3-6-15(17)7-4-13/h3-9,12H,10,18H2,1-2H3/t12-/m0/s1. The fourth-order valence-electron chi connectivity index (χ4n) is 1.86. The third-order valence-electron chi connectivity index (χ3n) is 3.03. The summed E-state index contributed by atoms with van der Waals surface area (Å²) in [5.74, 6) is 0.888. The molecule has 0 radical (unpaired) electrons. The van der Waals surface area contributed by atoms with Crippen LogP contribution in [0.15, 0.2) is 42.5 Å². The number of hydrogen-bond donors (Lipinski definition) is 1. The second-order valence-corrected chi connectivity index (χ2v) is 5.17. The number of ether oxygens (including phenoxy) is 1. The van der Waals surface area contributed by atoms with Crippen LogP contribution in [0.25, 0.3) is 0 Å². The summed E-state index contributed by atoms with van der Waals surface area (Å²) in [5, 5.41) is 0.737. The number of hydrogen-bond acceptors (Lipinski definition) is 2. The summed E-state index contributed by atoms with van der Waals surface area (Å²) in [6.07, 6.45) is 0. The van der Waals surface area contributed by atoms with Crippen molar-refractivity contribution < 1.29 is 4.74 Å². The highest BCUT2D eigenvalue weighted by Crippen LogP contribution is 2.23. The Morgan fingerprint density at radius 3 is 2.42 bits per heavy atom. The summed E-state index contributed by atoms with van der Waals surface area (Å²) in [5.41, 5.74) is 9.18. The van der Waals surface area contributed by atoms with Crippen molar-refractivity contribution in [1.82, 2.24) is 0 Å². The molecule has 0 aliphatic carbocycles. The SMILES string of the molecule is Cc1cc([C@H](C)N)ccc1OCc1ccc(Cl)cc1. The van der Waals surface area contributed by atoms with Gasteiger partial charge in [-0.15, -0.1) is 0 Å². The highest BCUT2D eigenvalue weighted by atomic mass is 35.5. The molecule has 2 nitrogen and oxygen atoms in total. The first kappa shape index (κ1) is 13.9. The molecule has 0 aliphatic rings. The zero-order valence-electron chi connectivity index (χ0n) is 11.2. The van der Waals surface area contributed by atoms with Crippen LogP contribution in [0.3, 0.4) is 0 Å². The lowest BCUT2D eigenvalue weighted by molar-refractivity contribution is 0.304. The topological polar surface area (TPSA) is 35.2 Å². The summed E-state index contributed by atoms with van der Waals surface area (Å²) in [7, 11) is 0. The first-order valence-corrected chi connectivity index (χ1v) is 6.67. The van der Waals surface area contributed by atoms with Crippen molar-refractivity contribution in [3.63, 3.8) is 0 Å². The number of rotatable bonds is 4. The minimum absolute atomic E-state index is 0.0454. The highest BCUT2D eigenvalue weighted by molar-refractivity contribution is 6.30. The molecule has 2 aromatic carbocycles. The second-order valence-electron chi connectivity index (χ2n) is 4.73. The van der Waals surface area contributed by atoms with Crippen LogP contribution in [0.2, 0.25) is 5.02 Å². The van der Waals surface area contributed by atoms with Crippen LogP contribution in [0.1, 0.15) is 29.7 Å². The van der Waals surface area contributed by atoms with Gasteiger partial charge in [-0.25, -0.2) is 0 Å². The molecule has 0 aromatic heterocycles. The maximum atomic E-state index is 5.86. The molecule has 19 heavy (non-hydrogen) atoms. The number of aryl methyl sites for hydroxylation is 1. The minimum Gasteiger partial charge on any atom is -0.489 e. The molecule has 2 aromatic rings. The molecule has 0 heterocycles. The van der Waals surface area contributed by atoms with Gasteiger partial charge < -0.3 is 10.5 Å². The zero-order chi connectivity index (χ0) is 13.8. The van der Waals surface area contributed by atoms with E-state index in [1.165, 1.54) is 0 Å². The van der Waals surface area contributed by atoms with Gasteiger partial charge in [-0.2, -0.15) is 0 Å². The predicted octanol–water partition coefficient (Wildman–Crippen LogP) is 4.25. The molecule has 1 atom stereocenters. The van der Waals surface area contributed by atoms with Gasteiger partial charge in [-0.3, -0.25) is 0 Å². The van der Waals surface area contributed by atoms with Gasteiger partial charge in [0.2, 0.25) is 0 Å². The monoisotopic (exact) mass is 275 g/mol. The Bertz CT molecular complexity index is 549. The summed E-state index contributed by atoms with van der Waals surface area (Å²) in [6, 6.07) is 13.8. The van der Waals surface area contributed by atoms with Crippen LogP contribution in [-0.2, 0) is 6.61 Å². The molecule has 0 aliphatic heterocycles. The van der Waals surface area contributed by atoms with Crippen LogP contribution < -0.4 is 10.5 Å². The van der Waals surface area contributed by atoms with Crippen LogP contribution in [-0.4, -0.2) is 0 Å². The van der Waals surface area contributed by atoms with E-state index < -0.39 is 0 Å². The number of halogens is 1. The van der Waals surface area contributed by atoms with Gasteiger partial charge in [0.25, 0.3) is 0 Å². The molecule has 0 bridgehead atoms. The van der Waals surface area contributed by atoms with Crippen LogP contribution in [0.4, 0.5) is 0 Å². The number of benzene rings is 2. The molecule has 2 N–H and O–H groups in total. The maximum absolute atomic E-state index is 5.86. The first-order chi connectivity index (χ1) is 9.06. The van der Waals surface area contributed by atoms with Gasteiger partial charge in [0.05, 0.1) is 0 Å². The van der Waals surface area contributed by atoms with Crippen molar-refractivity contribution in [2.45, 2.75) is 26.5 Å². The molecule has 3 heteroatoms. The van der Waals surface area contributed by atoms with Crippen LogP contribution >= 0.6 is 11.6 Å². The van der Waals surface area contributed by atoms with Gasteiger partial charge in [-0.1, -0.05) is 35.9 Å². The zero-order valence-corrected chi connectivity index (χ0v) is 11.9. The quantitative estimate of drug-likeness (QED) is 0.905. The molecule has 0 saturated carbocycles. The van der Waals surface area contributed by atoms with Crippen LogP contribution in [0, 0.1) is 6.92 Å². The van der Waals surface area contributed by atoms with Crippen LogP contribution in [0.5, 0.6) is 5.75 Å². The van der Waals surface area contributed by atoms with Gasteiger partial charge in [-0.05, 0) is 48.7 Å². The van der Waals surface area contributed by atoms with Gasteiger partial charge >= 0.3 is 0 Å². The molecule has 2 rings (SSSR count). The van der Waals surface area contributed by atoms with E-state index in [1.807, 2.05) is 50.2 Å². The van der Waals surface area contributed by atoms with E-state index in [-0.39, 0.29) is 6.04 Å². The Morgan fingerprint density at radius 1 is 1.16 bits per heavy atom. The van der Waals surface area contributed by atoms with E-state index in [0.29, 0.717) is 6.61 Å². The van der Waals surface area contributed by atoms with Crippen molar-refractivity contribution in [3.05, 3.63) is 64.2 Å². The summed E-state index contributed by atoms with van der Waals surface area (Å²) in [4.78, 5) is 0. The van der Waals surface area contributed by atoms with E-state index in [1.54, 1.807) is 0 Å². The van der Waals surface area contributed by atoms with E-state index in [9.17, 15) is 0 Å². The van der Waals surface area contributed by atoms with Crippen molar-refractivity contribution in [1.29, 1.82) is 0 Å². The Labute approximate surface area is 119 Å². The van der Waals surface area contributed by atoms with Gasteiger partial charge in [0, 0.05) is 11.1 Å². The second kappa shape index (κ2) is 6.09. The Hall–Kier alpha value is -1.51. The van der Waals surface area contributed by atoms with E-state index >= 15 is 0 Å². The fourth-order valence-corrected chi connectivity index (χ4v) is 1.99. The lowest BCUT2D eigenvalue weighted by Gasteiger charge is -2.12. The molecule has 100 valence electrons. The maximum Gasteiger partial charge on any atom is 0.122 e. The van der Waals surface area contributed by atoms with E-state index in [4.69, 9.17) is 22.1 Å². The average molecular weight is 276 g/mol. The van der Waals surface area contributed by atoms with Crippen molar-refractivity contribution in [2.24, 2.45) is 5.73 Å². The van der Waals surface area contributed by atoms with Crippen molar-refractivity contribution >= 4 is 11.6 Å². The molecular formula is C16H18ClNO. The largest absolute Gasteiger partial charge is 0.489 e. The lowest BCUT2D eigenvalue weighted by Crippen LogP contribution is -2.05. The molecule has 0 spiro atoms. The molecule has 0 saturated heterocycles. The summed E-state index contributed by atoms with van der Waals surface area (Å²) in [6.45, 7) is 4.54. The first-order valence-electron chi connectivity index (χ1n) is 6.29. The Balaban J connectivity index is 2.05. The summed E-state index contributed by atoms with van der Waals surface area (Å²) >= 11 is 5.85. The Morgan fingerprint density at radius 2 is 1.84 bits per heavy atom. The molecular weight excluding hydrogens is 258 g/mol. The van der Waals surface area contributed by atoms with Gasteiger partial charge in [0.15, 0.2) is 0 Å². The summed E-state index contributed by atoms with van der Waals surface area (Å²) < 4.78 is 5.81. The molecule has 0 unspecified atom stereocenters. The van der Waals surface area contributed by atoms with Crippen molar-refractivity contribution in [3.8, 4) is 5.75 Å². The molecule has 0 fully saturated rings.